The second kappa shape index (κ2) is 16.5. The molecule has 54 heavy (non-hydrogen) atoms. The predicted molar refractivity (Wildman–Crippen MR) is 220 cm³/mol. The van der Waals surface area contributed by atoms with Crippen molar-refractivity contribution in [3.05, 3.63) is 131 Å². The third-order valence-electron chi connectivity index (χ3n) is 10.9. The van der Waals surface area contributed by atoms with E-state index in [0.29, 0.717) is 29.3 Å². The van der Waals surface area contributed by atoms with Crippen molar-refractivity contribution in [3.63, 3.8) is 0 Å². The molecule has 280 valence electrons. The van der Waals surface area contributed by atoms with Crippen LogP contribution in [0.2, 0.25) is 0 Å². The Kier molecular flexibility index (Phi) is 12.0. The normalized spacial score (nSPS) is 11.7. The van der Waals surface area contributed by atoms with Crippen molar-refractivity contribution in [1.82, 2.24) is 19.3 Å². The van der Waals surface area contributed by atoms with Crippen LogP contribution in [0.3, 0.4) is 0 Å². The maximum atomic E-state index is 6.49. The van der Waals surface area contributed by atoms with E-state index in [2.05, 4.69) is 128 Å². The summed E-state index contributed by atoms with van der Waals surface area (Å²) >= 11 is 0. The summed E-state index contributed by atoms with van der Waals surface area (Å²) in [7, 11) is 0. The molecule has 0 atom stereocenters. The van der Waals surface area contributed by atoms with Crippen LogP contribution in [-0.2, 0) is 33.9 Å². The van der Waals surface area contributed by atoms with Gasteiger partial charge in [0.1, 0.15) is 5.82 Å². The molecule has 0 spiro atoms. The predicted octanol–water partition coefficient (Wildman–Crippen LogP) is 12.6. The fraction of sp³-hybridized carbons (Fsp3) is 0.333. The number of rotatable bonds is 12. The maximum Gasteiger partial charge on any atom is 2.00 e. The van der Waals surface area contributed by atoms with Crippen molar-refractivity contribution < 1.29 is 25.8 Å². The molecule has 7 aromatic rings. The van der Waals surface area contributed by atoms with Gasteiger partial charge in [0.05, 0.1) is 6.20 Å². The summed E-state index contributed by atoms with van der Waals surface area (Å²) in [5.41, 5.74) is 13.8. The van der Waals surface area contributed by atoms with E-state index in [-0.39, 0.29) is 21.1 Å². The molecule has 0 amide bonds. The molecule has 0 radical (unpaired) electrons. The van der Waals surface area contributed by atoms with Gasteiger partial charge in [-0.15, -0.1) is 35.7 Å². The molecule has 0 unspecified atom stereocenters. The number of nitrogens with zero attached hydrogens (tertiary/aromatic N) is 4. The first-order valence-electron chi connectivity index (χ1n) is 19.3. The van der Waals surface area contributed by atoms with Crippen molar-refractivity contribution in [1.29, 1.82) is 0 Å². The Morgan fingerprint density at radius 1 is 0.722 bits per heavy atom. The molecule has 5 nitrogen and oxygen atoms in total. The summed E-state index contributed by atoms with van der Waals surface area (Å²) in [4.78, 5) is 4.79. The van der Waals surface area contributed by atoms with E-state index in [0.717, 1.165) is 64.6 Å². The van der Waals surface area contributed by atoms with Gasteiger partial charge in [0.25, 0.3) is 0 Å². The summed E-state index contributed by atoms with van der Waals surface area (Å²) in [6, 6.07) is 29.9. The smallest absolute Gasteiger partial charge is 0.509 e. The number of para-hydroxylation sites is 1. The first-order valence-corrected chi connectivity index (χ1v) is 19.3. The van der Waals surface area contributed by atoms with E-state index in [9.17, 15) is 0 Å². The summed E-state index contributed by atoms with van der Waals surface area (Å²) in [6.45, 7) is 20.6. The van der Waals surface area contributed by atoms with Gasteiger partial charge in [-0.05, 0) is 132 Å². The van der Waals surface area contributed by atoms with E-state index in [1.807, 2.05) is 41.3 Å². The fourth-order valence-corrected chi connectivity index (χ4v) is 7.55. The fourth-order valence-electron chi connectivity index (χ4n) is 7.55. The molecular formula is C48H52N4OPt. The second-order valence-electron chi connectivity index (χ2n) is 15.8. The van der Waals surface area contributed by atoms with Gasteiger partial charge < -0.3 is 9.30 Å². The van der Waals surface area contributed by atoms with Crippen LogP contribution in [0.1, 0.15) is 93.7 Å². The molecule has 4 aromatic carbocycles. The van der Waals surface area contributed by atoms with Crippen LogP contribution in [0.15, 0.2) is 85.3 Å². The Bertz CT molecular complexity index is 2380. The zero-order valence-corrected chi connectivity index (χ0v) is 35.4. The molecule has 0 saturated carbocycles. The molecule has 0 saturated heterocycles. The van der Waals surface area contributed by atoms with Crippen LogP contribution in [-0.4, -0.2) is 19.3 Å². The summed E-state index contributed by atoms with van der Waals surface area (Å²) in [5, 5.41) is 7.17. The van der Waals surface area contributed by atoms with E-state index in [1.165, 1.54) is 38.9 Å². The van der Waals surface area contributed by atoms with Crippen LogP contribution in [0.4, 0.5) is 0 Å². The number of aromatic nitrogens is 4. The molecule has 0 aliphatic rings. The molecule has 0 bridgehead atoms. The number of ether oxygens (including phenoxy) is 1. The number of hydrogen-bond donors (Lipinski definition) is 0. The summed E-state index contributed by atoms with van der Waals surface area (Å²) in [5.74, 6) is 3.76. The van der Waals surface area contributed by atoms with Gasteiger partial charge in [-0.25, -0.2) is 4.98 Å². The first-order chi connectivity index (χ1) is 25.5. The zero-order chi connectivity index (χ0) is 37.4. The third kappa shape index (κ3) is 7.84. The monoisotopic (exact) mass is 895 g/mol. The van der Waals surface area contributed by atoms with Gasteiger partial charge >= 0.3 is 21.1 Å². The van der Waals surface area contributed by atoms with E-state index >= 15 is 0 Å². The average molecular weight is 896 g/mol. The van der Waals surface area contributed by atoms with Gasteiger partial charge in [0.2, 0.25) is 0 Å². The molecular weight excluding hydrogens is 844 g/mol. The van der Waals surface area contributed by atoms with Crippen LogP contribution in [0, 0.1) is 44.7 Å². The first kappa shape index (κ1) is 39.2. The SMILES string of the molecule is Cc1c(C)c(CCC(C)C)c(-c2cnn(-c3[c-]c(Oc4[c-]c5c(cc4)c4ccccc4n5-c4cc(C(C)C)ccn4)ccc3)c2)c(CCC(C)C)c1C.[Pt+2]. The molecule has 6 heteroatoms. The minimum atomic E-state index is 0. The van der Waals surface area contributed by atoms with Crippen LogP contribution >= 0.6 is 0 Å². The van der Waals surface area contributed by atoms with Gasteiger partial charge in [-0.3, -0.25) is 4.68 Å². The van der Waals surface area contributed by atoms with Crippen LogP contribution < -0.4 is 4.74 Å². The molecule has 7 rings (SSSR count). The van der Waals surface area contributed by atoms with Crippen LogP contribution in [0.25, 0.3) is 44.4 Å². The molecule has 0 aliphatic carbocycles. The standard InChI is InChI=1S/C48H52N4O.Pt/c1-30(2)17-20-41-34(8)33(7)35(9)42(21-18-31(3)4)48(41)37-28-50-51(29-37)38-13-12-14-39(26-38)53-40-19-22-44-43-15-10-11-16-45(43)52(46(44)27-40)47-25-36(32(5)6)23-24-49-47;/h10-16,19,22-25,28-32H,17-18,20-21H2,1-9H3;/q-2;+2. The molecule has 3 heterocycles. The Morgan fingerprint density at radius 2 is 1.41 bits per heavy atom. The number of pyridine rings is 1. The quantitative estimate of drug-likeness (QED) is 0.115. The van der Waals surface area contributed by atoms with E-state index < -0.39 is 0 Å². The van der Waals surface area contributed by atoms with Crippen molar-refractivity contribution in [2.45, 2.75) is 93.9 Å². The number of benzene rings is 4. The maximum absolute atomic E-state index is 6.49. The third-order valence-corrected chi connectivity index (χ3v) is 10.9. The Labute approximate surface area is 336 Å². The molecule has 0 N–H and O–H groups in total. The second-order valence-corrected chi connectivity index (χ2v) is 15.8. The zero-order valence-electron chi connectivity index (χ0n) is 33.2. The van der Waals surface area contributed by atoms with Crippen molar-refractivity contribution in [2.24, 2.45) is 11.8 Å². The Balaban J connectivity index is 0.00000497. The topological polar surface area (TPSA) is 44.9 Å². The van der Waals surface area contributed by atoms with Crippen molar-refractivity contribution in [3.8, 4) is 34.1 Å². The molecule has 0 fully saturated rings. The van der Waals surface area contributed by atoms with Gasteiger partial charge in [-0.1, -0.05) is 65.3 Å². The Morgan fingerprint density at radius 3 is 2.09 bits per heavy atom. The largest absolute Gasteiger partial charge is 2.00 e. The minimum Gasteiger partial charge on any atom is -0.509 e. The summed E-state index contributed by atoms with van der Waals surface area (Å²) < 4.78 is 10.6. The molecule has 3 aromatic heterocycles. The number of hydrogen-bond acceptors (Lipinski definition) is 3. The van der Waals surface area contributed by atoms with Crippen molar-refractivity contribution in [2.75, 3.05) is 0 Å². The summed E-state index contributed by atoms with van der Waals surface area (Å²) in [6.07, 6.45) is 10.5. The van der Waals surface area contributed by atoms with Gasteiger partial charge in [-0.2, -0.15) is 17.2 Å². The number of fused-ring (bicyclic) bond motifs is 3. The van der Waals surface area contributed by atoms with E-state index in [4.69, 9.17) is 14.8 Å². The van der Waals surface area contributed by atoms with Gasteiger partial charge in [0, 0.05) is 35.0 Å². The Hall–Kier alpha value is -4.47. The van der Waals surface area contributed by atoms with E-state index in [1.54, 1.807) is 0 Å². The van der Waals surface area contributed by atoms with Crippen molar-refractivity contribution >= 4 is 21.8 Å². The molecule has 0 aliphatic heterocycles. The van der Waals surface area contributed by atoms with Gasteiger partial charge in [0.15, 0.2) is 0 Å². The average Bonchev–Trinajstić information content (AvgIpc) is 3.76. The minimum absolute atomic E-state index is 0. The van der Waals surface area contributed by atoms with Crippen LogP contribution in [0.5, 0.6) is 11.5 Å².